The summed E-state index contributed by atoms with van der Waals surface area (Å²) in [5.74, 6) is 2.11. The Balaban J connectivity index is 1.97. The fraction of sp³-hybridized carbons (Fsp3) is 0.636. The van der Waals surface area contributed by atoms with Gasteiger partial charge in [-0.25, -0.2) is 9.97 Å². The highest BCUT2D eigenvalue weighted by Gasteiger charge is 2.28. The summed E-state index contributed by atoms with van der Waals surface area (Å²) in [7, 11) is 1.61. The van der Waals surface area contributed by atoms with E-state index in [4.69, 9.17) is 10.5 Å². The third kappa shape index (κ3) is 2.41. The smallest absolute Gasteiger partial charge is 0.221 e. The van der Waals surface area contributed by atoms with Crippen molar-refractivity contribution in [3.05, 3.63) is 11.9 Å². The van der Waals surface area contributed by atoms with Gasteiger partial charge in [0.15, 0.2) is 0 Å². The highest BCUT2D eigenvalue weighted by molar-refractivity contribution is 5.47. The highest BCUT2D eigenvalue weighted by Crippen LogP contribution is 2.31. The fourth-order valence-corrected chi connectivity index (χ4v) is 1.72. The van der Waals surface area contributed by atoms with E-state index in [1.165, 1.54) is 19.2 Å². The number of nitrogens with two attached hydrogens (primary N) is 1. The zero-order chi connectivity index (χ0) is 11.5. The van der Waals surface area contributed by atoms with E-state index in [0.717, 1.165) is 17.9 Å². The molecule has 1 aliphatic carbocycles. The van der Waals surface area contributed by atoms with E-state index in [1.54, 1.807) is 7.11 Å². The van der Waals surface area contributed by atoms with Crippen LogP contribution in [0.4, 0.5) is 5.82 Å². The average Bonchev–Trinajstić information content (AvgIpc) is 3.11. The first kappa shape index (κ1) is 11.1. The maximum Gasteiger partial charge on any atom is 0.221 e. The Bertz CT molecular complexity index is 365. The molecule has 1 aliphatic rings. The molecule has 1 aromatic heterocycles. The lowest BCUT2D eigenvalue weighted by Crippen LogP contribution is -2.31. The number of anilines is 1. The molecule has 0 saturated heterocycles. The lowest BCUT2D eigenvalue weighted by atomic mass is 10.2. The highest BCUT2D eigenvalue weighted by atomic mass is 16.5. The molecule has 16 heavy (non-hydrogen) atoms. The number of hydrogen-bond acceptors (Lipinski definition) is 5. The van der Waals surface area contributed by atoms with Crippen molar-refractivity contribution in [3.8, 4) is 5.88 Å². The molecule has 0 aromatic carbocycles. The Morgan fingerprint density at radius 3 is 2.94 bits per heavy atom. The van der Waals surface area contributed by atoms with Crippen molar-refractivity contribution in [3.63, 3.8) is 0 Å². The summed E-state index contributed by atoms with van der Waals surface area (Å²) in [6.45, 7) is 2.69. The molecule has 3 N–H and O–H groups in total. The fourth-order valence-electron chi connectivity index (χ4n) is 1.72. The second-order valence-corrected chi connectivity index (χ2v) is 4.24. The second kappa shape index (κ2) is 4.65. The van der Waals surface area contributed by atoms with Crippen LogP contribution in [-0.2, 0) is 0 Å². The zero-order valence-corrected chi connectivity index (χ0v) is 9.73. The Morgan fingerprint density at radius 1 is 1.56 bits per heavy atom. The Kier molecular flexibility index (Phi) is 3.24. The van der Waals surface area contributed by atoms with Gasteiger partial charge in [-0.1, -0.05) is 0 Å². The van der Waals surface area contributed by atoms with E-state index in [0.29, 0.717) is 11.8 Å². The van der Waals surface area contributed by atoms with Gasteiger partial charge < -0.3 is 15.8 Å². The first-order valence-corrected chi connectivity index (χ1v) is 5.57. The van der Waals surface area contributed by atoms with Gasteiger partial charge in [0.2, 0.25) is 5.88 Å². The molecule has 2 rings (SSSR count). The van der Waals surface area contributed by atoms with Gasteiger partial charge in [0.25, 0.3) is 0 Å². The van der Waals surface area contributed by atoms with Crippen molar-refractivity contribution >= 4 is 5.82 Å². The Morgan fingerprint density at radius 2 is 2.31 bits per heavy atom. The third-order valence-corrected chi connectivity index (χ3v) is 2.96. The first-order valence-electron chi connectivity index (χ1n) is 5.57. The molecule has 0 aliphatic heterocycles. The quantitative estimate of drug-likeness (QED) is 0.775. The van der Waals surface area contributed by atoms with Crippen LogP contribution in [0.25, 0.3) is 0 Å². The van der Waals surface area contributed by atoms with E-state index in [2.05, 4.69) is 15.3 Å². The summed E-state index contributed by atoms with van der Waals surface area (Å²) in [5.41, 5.74) is 6.93. The molecule has 88 valence electrons. The average molecular weight is 222 g/mol. The molecule has 1 unspecified atom stereocenters. The van der Waals surface area contributed by atoms with Crippen LogP contribution in [0.5, 0.6) is 5.88 Å². The predicted molar refractivity (Wildman–Crippen MR) is 62.5 cm³/mol. The molecule has 1 fully saturated rings. The molecule has 0 amide bonds. The van der Waals surface area contributed by atoms with Crippen LogP contribution in [0.1, 0.15) is 18.4 Å². The van der Waals surface area contributed by atoms with Crippen molar-refractivity contribution in [2.75, 3.05) is 19.0 Å². The largest absolute Gasteiger partial charge is 0.481 e. The van der Waals surface area contributed by atoms with E-state index < -0.39 is 0 Å². The van der Waals surface area contributed by atoms with Gasteiger partial charge in [-0.05, 0) is 25.7 Å². The van der Waals surface area contributed by atoms with Crippen LogP contribution >= 0.6 is 0 Å². The maximum absolute atomic E-state index is 6.01. The number of hydrogen-bond donors (Lipinski definition) is 2. The molecular weight excluding hydrogens is 204 g/mol. The number of nitrogens with one attached hydrogen (secondary N) is 1. The molecule has 0 bridgehead atoms. The van der Waals surface area contributed by atoms with Crippen LogP contribution in [0.2, 0.25) is 0 Å². The number of aromatic nitrogens is 2. The van der Waals surface area contributed by atoms with E-state index in [1.807, 2.05) is 6.92 Å². The number of nitrogens with zero attached hydrogens (tertiary/aromatic N) is 2. The predicted octanol–water partition coefficient (Wildman–Crippen LogP) is 0.943. The molecule has 1 saturated carbocycles. The standard InChI is InChI=1S/C11H18N4O/c1-7-10(14-6-15-11(7)16-2)13-5-9(12)8-3-4-8/h6,8-9H,3-5,12H2,1-2H3,(H,13,14,15). The van der Waals surface area contributed by atoms with Gasteiger partial charge in [0.1, 0.15) is 12.1 Å². The van der Waals surface area contributed by atoms with Crippen LogP contribution in [0.15, 0.2) is 6.33 Å². The van der Waals surface area contributed by atoms with Gasteiger partial charge in [-0.3, -0.25) is 0 Å². The number of rotatable bonds is 5. The van der Waals surface area contributed by atoms with E-state index >= 15 is 0 Å². The van der Waals surface area contributed by atoms with Gasteiger partial charge in [-0.2, -0.15) is 0 Å². The first-order chi connectivity index (χ1) is 7.72. The second-order valence-electron chi connectivity index (χ2n) is 4.24. The molecular formula is C11H18N4O. The minimum Gasteiger partial charge on any atom is -0.481 e. The normalized spacial score (nSPS) is 16.9. The van der Waals surface area contributed by atoms with Crippen molar-refractivity contribution in [2.45, 2.75) is 25.8 Å². The van der Waals surface area contributed by atoms with Gasteiger partial charge in [-0.15, -0.1) is 0 Å². The van der Waals surface area contributed by atoms with Gasteiger partial charge in [0.05, 0.1) is 12.7 Å². The SMILES string of the molecule is COc1ncnc(NCC(N)C2CC2)c1C. The summed E-state index contributed by atoms with van der Waals surface area (Å²) < 4.78 is 5.13. The lowest BCUT2D eigenvalue weighted by Gasteiger charge is -2.14. The summed E-state index contributed by atoms with van der Waals surface area (Å²) in [6, 6.07) is 0.223. The molecule has 1 heterocycles. The topological polar surface area (TPSA) is 73.1 Å². The summed E-state index contributed by atoms with van der Waals surface area (Å²) in [5, 5.41) is 3.25. The molecule has 1 atom stereocenters. The lowest BCUT2D eigenvalue weighted by molar-refractivity contribution is 0.393. The Labute approximate surface area is 95.4 Å². The molecule has 5 heteroatoms. The minimum absolute atomic E-state index is 0.223. The number of ether oxygens (including phenoxy) is 1. The third-order valence-electron chi connectivity index (χ3n) is 2.96. The van der Waals surface area contributed by atoms with Crippen LogP contribution in [-0.4, -0.2) is 29.7 Å². The van der Waals surface area contributed by atoms with Crippen LogP contribution in [0.3, 0.4) is 0 Å². The maximum atomic E-state index is 6.01. The van der Waals surface area contributed by atoms with Crippen LogP contribution in [0, 0.1) is 12.8 Å². The van der Waals surface area contributed by atoms with E-state index in [9.17, 15) is 0 Å². The monoisotopic (exact) mass is 222 g/mol. The summed E-state index contributed by atoms with van der Waals surface area (Å²) in [6.07, 6.45) is 4.01. The van der Waals surface area contributed by atoms with Crippen LogP contribution < -0.4 is 15.8 Å². The Hall–Kier alpha value is -1.36. The minimum atomic E-state index is 0.223. The van der Waals surface area contributed by atoms with Crippen molar-refractivity contribution < 1.29 is 4.74 Å². The van der Waals surface area contributed by atoms with Gasteiger partial charge >= 0.3 is 0 Å². The number of methoxy groups -OCH3 is 1. The molecule has 0 spiro atoms. The van der Waals surface area contributed by atoms with Crippen molar-refractivity contribution in [1.29, 1.82) is 0 Å². The molecule has 0 radical (unpaired) electrons. The van der Waals surface area contributed by atoms with Crippen molar-refractivity contribution in [2.24, 2.45) is 11.7 Å². The zero-order valence-electron chi connectivity index (χ0n) is 9.73. The van der Waals surface area contributed by atoms with E-state index in [-0.39, 0.29) is 6.04 Å². The summed E-state index contributed by atoms with van der Waals surface area (Å²) >= 11 is 0. The molecule has 5 nitrogen and oxygen atoms in total. The molecule has 1 aromatic rings. The van der Waals surface area contributed by atoms with Gasteiger partial charge in [0, 0.05) is 12.6 Å². The van der Waals surface area contributed by atoms with Crippen molar-refractivity contribution in [1.82, 2.24) is 9.97 Å². The summed E-state index contributed by atoms with van der Waals surface area (Å²) in [4.78, 5) is 8.21.